The minimum atomic E-state index is -3.85. The van der Waals surface area contributed by atoms with E-state index in [2.05, 4.69) is 10.0 Å². The lowest BCUT2D eigenvalue weighted by Gasteiger charge is -2.12. The van der Waals surface area contributed by atoms with E-state index in [0.717, 1.165) is 6.42 Å². The van der Waals surface area contributed by atoms with Crippen LogP contribution in [0.25, 0.3) is 0 Å². The second-order valence-corrected chi connectivity index (χ2v) is 9.01. The zero-order chi connectivity index (χ0) is 24.0. The van der Waals surface area contributed by atoms with Crippen molar-refractivity contribution in [2.24, 2.45) is 0 Å². The quantitative estimate of drug-likeness (QED) is 0.502. The normalized spacial score (nSPS) is 12.9. The first kappa shape index (κ1) is 23.2. The van der Waals surface area contributed by atoms with Gasteiger partial charge >= 0.3 is 0 Å². The van der Waals surface area contributed by atoms with Crippen molar-refractivity contribution in [2.45, 2.75) is 11.3 Å². The Bertz CT molecular complexity index is 1260. The van der Waals surface area contributed by atoms with Crippen molar-refractivity contribution in [1.82, 2.24) is 0 Å². The number of carbonyl (C=O) groups is 1. The number of nitrogens with one attached hydrogen (secondary N) is 2. The maximum absolute atomic E-state index is 12.8. The van der Waals surface area contributed by atoms with E-state index in [4.69, 9.17) is 18.9 Å². The summed E-state index contributed by atoms with van der Waals surface area (Å²) in [7, 11) is -2.32. The monoisotopic (exact) mass is 484 g/mol. The zero-order valence-electron chi connectivity index (χ0n) is 18.4. The summed E-state index contributed by atoms with van der Waals surface area (Å²) in [6.07, 6.45) is 0.727. The largest absolute Gasteiger partial charge is 0.493 e. The van der Waals surface area contributed by atoms with E-state index < -0.39 is 10.0 Å². The molecule has 0 bridgehead atoms. The second kappa shape index (κ2) is 10.3. The average Bonchev–Trinajstić information content (AvgIpc) is 3.09. The Labute approximate surface area is 197 Å². The Hall–Kier alpha value is -3.92. The van der Waals surface area contributed by atoms with Crippen molar-refractivity contribution in [2.75, 3.05) is 37.0 Å². The number of carbonyl (C=O) groups excluding carboxylic acids is 1. The lowest BCUT2D eigenvalue weighted by molar-refractivity contribution is -0.118. The van der Waals surface area contributed by atoms with Crippen LogP contribution in [0.1, 0.15) is 6.42 Å². The highest BCUT2D eigenvalue weighted by molar-refractivity contribution is 7.92. The number of fused-ring (bicyclic) bond motifs is 1. The van der Waals surface area contributed by atoms with Crippen LogP contribution in [0, 0.1) is 0 Å². The third-order valence-electron chi connectivity index (χ3n) is 4.88. The van der Waals surface area contributed by atoms with Gasteiger partial charge in [-0.1, -0.05) is 12.1 Å². The number of rotatable bonds is 8. The molecule has 0 unspecified atom stereocenters. The lowest BCUT2D eigenvalue weighted by Crippen LogP contribution is -2.20. The molecule has 4 rings (SSSR count). The average molecular weight is 485 g/mol. The molecule has 1 aliphatic heterocycles. The molecular formula is C24H24N2O7S. The van der Waals surface area contributed by atoms with Gasteiger partial charge < -0.3 is 24.3 Å². The first-order chi connectivity index (χ1) is 16.4. The summed E-state index contributed by atoms with van der Waals surface area (Å²) in [5, 5.41) is 2.70. The van der Waals surface area contributed by atoms with Gasteiger partial charge in [0.1, 0.15) is 0 Å². The van der Waals surface area contributed by atoms with E-state index in [1.54, 1.807) is 54.6 Å². The SMILES string of the molecule is COc1ccccc1OCC(=O)Nc1ccc(NS(=O)(=O)c2ccc3c(c2)OCCCO3)cc1. The van der Waals surface area contributed by atoms with Gasteiger partial charge in [0.15, 0.2) is 29.6 Å². The number of para-hydroxylation sites is 2. The van der Waals surface area contributed by atoms with Crippen LogP contribution in [0.15, 0.2) is 71.6 Å². The van der Waals surface area contributed by atoms with Crippen LogP contribution in [-0.2, 0) is 14.8 Å². The third kappa shape index (κ3) is 5.70. The van der Waals surface area contributed by atoms with Crippen molar-refractivity contribution in [3.63, 3.8) is 0 Å². The van der Waals surface area contributed by atoms with Gasteiger partial charge in [-0.3, -0.25) is 9.52 Å². The summed E-state index contributed by atoms with van der Waals surface area (Å²) in [5.41, 5.74) is 0.836. The minimum Gasteiger partial charge on any atom is -0.493 e. The fraction of sp³-hybridized carbons (Fsp3) is 0.208. The van der Waals surface area contributed by atoms with E-state index in [9.17, 15) is 13.2 Å². The van der Waals surface area contributed by atoms with Crippen molar-refractivity contribution in [1.29, 1.82) is 0 Å². The molecule has 1 heterocycles. The molecule has 1 aliphatic rings. The van der Waals surface area contributed by atoms with Gasteiger partial charge in [-0.05, 0) is 48.5 Å². The Kier molecular flexibility index (Phi) is 7.07. The zero-order valence-corrected chi connectivity index (χ0v) is 19.3. The highest BCUT2D eigenvalue weighted by atomic mass is 32.2. The Morgan fingerprint density at radius 2 is 1.59 bits per heavy atom. The summed E-state index contributed by atoms with van der Waals surface area (Å²) in [6, 6.07) is 17.8. The Balaban J connectivity index is 1.36. The van der Waals surface area contributed by atoms with E-state index in [1.807, 2.05) is 0 Å². The molecule has 0 fully saturated rings. The van der Waals surface area contributed by atoms with E-state index in [1.165, 1.54) is 19.2 Å². The first-order valence-corrected chi connectivity index (χ1v) is 12.0. The summed E-state index contributed by atoms with van der Waals surface area (Å²) in [5.74, 6) is 1.53. The summed E-state index contributed by atoms with van der Waals surface area (Å²) in [4.78, 5) is 12.3. The topological polar surface area (TPSA) is 112 Å². The molecule has 3 aromatic carbocycles. The molecule has 9 nitrogen and oxygen atoms in total. The highest BCUT2D eigenvalue weighted by Gasteiger charge is 2.19. The maximum Gasteiger partial charge on any atom is 0.262 e. The van der Waals surface area contributed by atoms with Crippen LogP contribution >= 0.6 is 0 Å². The number of ether oxygens (including phenoxy) is 4. The molecule has 178 valence electrons. The van der Waals surface area contributed by atoms with Crippen LogP contribution in [0.4, 0.5) is 11.4 Å². The van der Waals surface area contributed by atoms with Crippen LogP contribution < -0.4 is 29.0 Å². The molecule has 0 aromatic heterocycles. The highest BCUT2D eigenvalue weighted by Crippen LogP contribution is 2.32. The molecule has 0 saturated heterocycles. The fourth-order valence-electron chi connectivity index (χ4n) is 3.22. The predicted octanol–water partition coefficient (Wildman–Crippen LogP) is 3.67. The number of hydrogen-bond acceptors (Lipinski definition) is 7. The van der Waals surface area contributed by atoms with Gasteiger partial charge in [0, 0.05) is 23.9 Å². The number of sulfonamides is 1. The molecule has 3 aromatic rings. The van der Waals surface area contributed by atoms with Gasteiger partial charge in [-0.15, -0.1) is 0 Å². The molecule has 0 radical (unpaired) electrons. The standard InChI is InChI=1S/C24H24N2O7S/c1-30-20-5-2-3-6-21(20)33-16-24(27)25-17-7-9-18(10-8-17)26-34(28,29)19-11-12-22-23(15-19)32-14-4-13-31-22/h2-3,5-12,15,26H,4,13-14,16H2,1H3,(H,25,27). The predicted molar refractivity (Wildman–Crippen MR) is 126 cm³/mol. The number of hydrogen-bond donors (Lipinski definition) is 2. The van der Waals surface area contributed by atoms with Crippen molar-refractivity contribution in [3.8, 4) is 23.0 Å². The molecular weight excluding hydrogens is 460 g/mol. The Morgan fingerprint density at radius 1 is 0.912 bits per heavy atom. The minimum absolute atomic E-state index is 0.0580. The maximum atomic E-state index is 12.8. The number of amides is 1. The van der Waals surface area contributed by atoms with Crippen LogP contribution in [0.3, 0.4) is 0 Å². The molecule has 1 amide bonds. The molecule has 10 heteroatoms. The molecule has 0 atom stereocenters. The fourth-order valence-corrected chi connectivity index (χ4v) is 4.30. The summed E-state index contributed by atoms with van der Waals surface area (Å²) in [6.45, 7) is 0.771. The summed E-state index contributed by atoms with van der Waals surface area (Å²) < 4.78 is 49.9. The van der Waals surface area contributed by atoms with Crippen LogP contribution in [0.2, 0.25) is 0 Å². The van der Waals surface area contributed by atoms with Gasteiger partial charge in [0.05, 0.1) is 25.2 Å². The molecule has 0 saturated carbocycles. The molecule has 2 N–H and O–H groups in total. The van der Waals surface area contributed by atoms with Crippen LogP contribution in [-0.4, -0.2) is 41.3 Å². The Morgan fingerprint density at radius 3 is 2.32 bits per heavy atom. The van der Waals surface area contributed by atoms with Gasteiger partial charge in [0.25, 0.3) is 15.9 Å². The third-order valence-corrected chi connectivity index (χ3v) is 6.26. The van der Waals surface area contributed by atoms with Gasteiger partial charge in [-0.25, -0.2) is 8.42 Å². The van der Waals surface area contributed by atoms with E-state index in [-0.39, 0.29) is 17.4 Å². The van der Waals surface area contributed by atoms with E-state index >= 15 is 0 Å². The van der Waals surface area contributed by atoms with Gasteiger partial charge in [-0.2, -0.15) is 0 Å². The van der Waals surface area contributed by atoms with Gasteiger partial charge in [0.2, 0.25) is 0 Å². The van der Waals surface area contributed by atoms with Crippen molar-refractivity contribution in [3.05, 3.63) is 66.7 Å². The number of methoxy groups -OCH3 is 1. The first-order valence-electron chi connectivity index (χ1n) is 10.5. The van der Waals surface area contributed by atoms with E-state index in [0.29, 0.717) is 47.6 Å². The van der Waals surface area contributed by atoms with Crippen molar-refractivity contribution < 1.29 is 32.2 Å². The molecule has 0 spiro atoms. The second-order valence-electron chi connectivity index (χ2n) is 7.33. The molecule has 0 aliphatic carbocycles. The molecule has 34 heavy (non-hydrogen) atoms. The number of benzene rings is 3. The van der Waals surface area contributed by atoms with Crippen LogP contribution in [0.5, 0.6) is 23.0 Å². The smallest absolute Gasteiger partial charge is 0.262 e. The summed E-state index contributed by atoms with van der Waals surface area (Å²) >= 11 is 0. The lowest BCUT2D eigenvalue weighted by atomic mass is 10.3. The van der Waals surface area contributed by atoms with Crippen molar-refractivity contribution >= 4 is 27.3 Å². The number of anilines is 2.